The van der Waals surface area contributed by atoms with E-state index in [1.807, 2.05) is 53.1 Å². The van der Waals surface area contributed by atoms with Crippen LogP contribution in [-0.4, -0.2) is 37.8 Å². The second kappa shape index (κ2) is 11.3. The third-order valence-corrected chi connectivity index (χ3v) is 5.60. The fourth-order valence-electron chi connectivity index (χ4n) is 3.75. The standard InChI is InChI=1S/C25H32N8O/c26-19-10-8-18(9-11-19)12-14-33-17-29-22-23(30-21-7-5-6-20(27)16-21)31-25(32-24(22)33)28-13-3-1-2-4-15-34/h5-11,16-17,34H,1-4,12-15,26-27H2,(H2,28,30,31,32). The summed E-state index contributed by atoms with van der Waals surface area (Å²) in [4.78, 5) is 14.1. The van der Waals surface area contributed by atoms with Gasteiger partial charge in [-0.2, -0.15) is 9.97 Å². The molecular formula is C25H32N8O. The summed E-state index contributed by atoms with van der Waals surface area (Å²) in [6.07, 6.45) is 6.52. The fraction of sp³-hybridized carbons (Fsp3) is 0.320. The molecule has 0 fully saturated rings. The molecule has 0 saturated carbocycles. The minimum Gasteiger partial charge on any atom is -0.399 e. The zero-order valence-corrected chi connectivity index (χ0v) is 19.2. The molecule has 0 radical (unpaired) electrons. The number of hydrogen-bond donors (Lipinski definition) is 5. The smallest absolute Gasteiger partial charge is 0.226 e. The second-order valence-corrected chi connectivity index (χ2v) is 8.31. The van der Waals surface area contributed by atoms with Crippen molar-refractivity contribution in [2.45, 2.75) is 38.6 Å². The Labute approximate surface area is 199 Å². The molecule has 4 aromatic rings. The molecule has 9 heteroatoms. The van der Waals surface area contributed by atoms with Gasteiger partial charge in [-0.25, -0.2) is 4.98 Å². The first-order chi connectivity index (χ1) is 16.6. The van der Waals surface area contributed by atoms with E-state index in [2.05, 4.69) is 15.6 Å². The number of aliphatic hydroxyl groups is 1. The maximum absolute atomic E-state index is 8.94. The monoisotopic (exact) mass is 460 g/mol. The highest BCUT2D eigenvalue weighted by Gasteiger charge is 2.14. The number of aromatic nitrogens is 4. The maximum atomic E-state index is 8.94. The number of nitrogens with zero attached hydrogens (tertiary/aromatic N) is 4. The number of imidazole rings is 1. The zero-order valence-electron chi connectivity index (χ0n) is 19.2. The van der Waals surface area contributed by atoms with Gasteiger partial charge in [0.1, 0.15) is 0 Å². The van der Waals surface area contributed by atoms with Crippen LogP contribution in [0.25, 0.3) is 11.2 Å². The van der Waals surface area contributed by atoms with Gasteiger partial charge in [0.05, 0.1) is 6.33 Å². The minimum absolute atomic E-state index is 0.243. The highest BCUT2D eigenvalue weighted by atomic mass is 16.2. The Balaban J connectivity index is 1.56. The Morgan fingerprint density at radius 3 is 2.53 bits per heavy atom. The van der Waals surface area contributed by atoms with E-state index in [4.69, 9.17) is 26.5 Å². The Morgan fingerprint density at radius 2 is 1.74 bits per heavy atom. The summed E-state index contributed by atoms with van der Waals surface area (Å²) in [5.41, 5.74) is 16.7. The second-order valence-electron chi connectivity index (χ2n) is 8.31. The summed E-state index contributed by atoms with van der Waals surface area (Å²) >= 11 is 0. The van der Waals surface area contributed by atoms with E-state index in [0.717, 1.165) is 62.2 Å². The predicted octanol–water partition coefficient (Wildman–Crippen LogP) is 3.94. The summed E-state index contributed by atoms with van der Waals surface area (Å²) in [6.45, 7) is 1.73. The molecular weight excluding hydrogens is 428 g/mol. The van der Waals surface area contributed by atoms with Gasteiger partial charge >= 0.3 is 0 Å². The molecule has 178 valence electrons. The van der Waals surface area contributed by atoms with Gasteiger partial charge in [0.2, 0.25) is 5.95 Å². The van der Waals surface area contributed by atoms with E-state index < -0.39 is 0 Å². The van der Waals surface area contributed by atoms with Gasteiger partial charge in [0, 0.05) is 36.8 Å². The number of nitrogens with one attached hydrogen (secondary N) is 2. The van der Waals surface area contributed by atoms with Gasteiger partial charge in [-0.05, 0) is 55.2 Å². The van der Waals surface area contributed by atoms with Gasteiger partial charge in [-0.1, -0.05) is 31.0 Å². The van der Waals surface area contributed by atoms with Gasteiger partial charge in [-0.15, -0.1) is 0 Å². The number of aryl methyl sites for hydroxylation is 2. The van der Waals surface area contributed by atoms with Crippen molar-refractivity contribution in [3.63, 3.8) is 0 Å². The summed E-state index contributed by atoms with van der Waals surface area (Å²) in [5.74, 6) is 1.18. The number of anilines is 5. The number of nitrogen functional groups attached to an aromatic ring is 2. The van der Waals surface area contributed by atoms with Crippen LogP contribution in [0.2, 0.25) is 0 Å². The maximum Gasteiger partial charge on any atom is 0.226 e. The summed E-state index contributed by atoms with van der Waals surface area (Å²) in [5, 5.41) is 15.6. The normalized spacial score (nSPS) is 11.1. The molecule has 2 heterocycles. The van der Waals surface area contributed by atoms with Crippen molar-refractivity contribution in [3.8, 4) is 0 Å². The molecule has 0 saturated heterocycles. The minimum atomic E-state index is 0.243. The number of nitrogens with two attached hydrogens (primary N) is 2. The lowest BCUT2D eigenvalue weighted by atomic mass is 10.1. The van der Waals surface area contributed by atoms with Crippen LogP contribution in [-0.2, 0) is 13.0 Å². The molecule has 0 amide bonds. The summed E-state index contributed by atoms with van der Waals surface area (Å²) in [6, 6.07) is 15.5. The van der Waals surface area contributed by atoms with Gasteiger partial charge in [0.15, 0.2) is 17.0 Å². The Hall–Kier alpha value is -3.85. The number of fused-ring (bicyclic) bond motifs is 1. The lowest BCUT2D eigenvalue weighted by molar-refractivity contribution is 0.283. The van der Waals surface area contributed by atoms with Crippen LogP contribution >= 0.6 is 0 Å². The number of rotatable bonds is 12. The molecule has 0 unspecified atom stereocenters. The molecule has 7 N–H and O–H groups in total. The highest BCUT2D eigenvalue weighted by molar-refractivity contribution is 5.86. The first-order valence-electron chi connectivity index (χ1n) is 11.7. The van der Waals surface area contributed by atoms with E-state index in [1.165, 1.54) is 5.56 Å². The van der Waals surface area contributed by atoms with Crippen LogP contribution in [0.15, 0.2) is 54.9 Å². The average Bonchev–Trinajstić information content (AvgIpc) is 3.24. The molecule has 9 nitrogen and oxygen atoms in total. The molecule has 4 rings (SSSR count). The van der Waals surface area contributed by atoms with Crippen LogP contribution in [0.4, 0.5) is 28.8 Å². The number of benzene rings is 2. The lowest BCUT2D eigenvalue weighted by Crippen LogP contribution is -2.09. The van der Waals surface area contributed by atoms with Crippen LogP contribution in [0.1, 0.15) is 31.2 Å². The van der Waals surface area contributed by atoms with Crippen LogP contribution in [0, 0.1) is 0 Å². The Bertz CT molecular complexity index is 1210. The number of aliphatic hydroxyl groups excluding tert-OH is 1. The molecule has 2 aromatic carbocycles. The summed E-state index contributed by atoms with van der Waals surface area (Å²) in [7, 11) is 0. The highest BCUT2D eigenvalue weighted by Crippen LogP contribution is 2.25. The van der Waals surface area contributed by atoms with E-state index in [1.54, 1.807) is 6.33 Å². The van der Waals surface area contributed by atoms with Crippen molar-refractivity contribution >= 4 is 40.0 Å². The largest absolute Gasteiger partial charge is 0.399 e. The Morgan fingerprint density at radius 1 is 0.912 bits per heavy atom. The first-order valence-corrected chi connectivity index (χ1v) is 11.7. The van der Waals surface area contributed by atoms with Crippen LogP contribution < -0.4 is 22.1 Å². The molecule has 0 aliphatic heterocycles. The third kappa shape index (κ3) is 6.14. The number of unbranched alkanes of at least 4 members (excludes halogenated alkanes) is 3. The van der Waals surface area contributed by atoms with Crippen molar-refractivity contribution in [2.75, 3.05) is 35.3 Å². The fourth-order valence-corrected chi connectivity index (χ4v) is 3.75. The van der Waals surface area contributed by atoms with E-state index in [0.29, 0.717) is 23.0 Å². The molecule has 0 aliphatic carbocycles. The average molecular weight is 461 g/mol. The quantitative estimate of drug-likeness (QED) is 0.158. The van der Waals surface area contributed by atoms with Crippen molar-refractivity contribution in [3.05, 3.63) is 60.4 Å². The predicted molar refractivity (Wildman–Crippen MR) is 138 cm³/mol. The molecule has 2 aromatic heterocycles. The zero-order chi connectivity index (χ0) is 23.8. The lowest BCUT2D eigenvalue weighted by Gasteiger charge is -2.11. The molecule has 34 heavy (non-hydrogen) atoms. The number of hydrogen-bond acceptors (Lipinski definition) is 8. The SMILES string of the molecule is Nc1ccc(CCn2cnc3c(Nc4cccc(N)c4)nc(NCCCCCCO)nc32)cc1. The van der Waals surface area contributed by atoms with Crippen molar-refractivity contribution in [1.82, 2.24) is 19.5 Å². The van der Waals surface area contributed by atoms with Crippen molar-refractivity contribution in [1.29, 1.82) is 0 Å². The molecule has 0 spiro atoms. The van der Waals surface area contributed by atoms with Gasteiger partial charge in [0.25, 0.3) is 0 Å². The van der Waals surface area contributed by atoms with Crippen molar-refractivity contribution < 1.29 is 5.11 Å². The summed E-state index contributed by atoms with van der Waals surface area (Å²) < 4.78 is 2.05. The van der Waals surface area contributed by atoms with Gasteiger partial charge in [-0.3, -0.25) is 0 Å². The molecule has 0 bridgehead atoms. The van der Waals surface area contributed by atoms with Gasteiger partial charge < -0.3 is 31.8 Å². The van der Waals surface area contributed by atoms with Crippen LogP contribution in [0.3, 0.4) is 0 Å². The van der Waals surface area contributed by atoms with Crippen molar-refractivity contribution in [2.24, 2.45) is 0 Å². The topological polar surface area (TPSA) is 140 Å². The van der Waals surface area contributed by atoms with E-state index in [9.17, 15) is 0 Å². The molecule has 0 aliphatic rings. The first kappa shape index (κ1) is 23.3. The molecule has 0 atom stereocenters. The Kier molecular flexibility index (Phi) is 7.77. The van der Waals surface area contributed by atoms with E-state index >= 15 is 0 Å². The van der Waals surface area contributed by atoms with E-state index in [-0.39, 0.29) is 6.61 Å². The van der Waals surface area contributed by atoms with Crippen LogP contribution in [0.5, 0.6) is 0 Å². The third-order valence-electron chi connectivity index (χ3n) is 5.60.